The number of hydrogen-bond donors (Lipinski definition) is 2. The predicted octanol–water partition coefficient (Wildman–Crippen LogP) is 5.41. The molecule has 0 saturated heterocycles. The second-order valence-corrected chi connectivity index (χ2v) is 8.23. The van der Waals surface area contributed by atoms with Gasteiger partial charge < -0.3 is 5.32 Å². The smallest absolute Gasteiger partial charge is 0.172 e. The monoisotopic (exact) mass is 409 g/mol. The number of benzene rings is 1. The van der Waals surface area contributed by atoms with Crippen molar-refractivity contribution >= 4 is 5.78 Å². The highest BCUT2D eigenvalue weighted by atomic mass is 16.1. The average Bonchev–Trinajstić information content (AvgIpc) is 2.75. The van der Waals surface area contributed by atoms with Gasteiger partial charge in [-0.2, -0.15) is 0 Å². The predicted molar refractivity (Wildman–Crippen MR) is 129 cm³/mol. The van der Waals surface area contributed by atoms with Gasteiger partial charge in [-0.25, -0.2) is 5.84 Å². The van der Waals surface area contributed by atoms with Crippen LogP contribution in [0.2, 0.25) is 0 Å². The van der Waals surface area contributed by atoms with Gasteiger partial charge >= 0.3 is 0 Å². The molecule has 0 bridgehead atoms. The van der Waals surface area contributed by atoms with E-state index in [2.05, 4.69) is 32.7 Å². The molecule has 2 unspecified atom stereocenters. The molecular weight excluding hydrogens is 370 g/mol. The Bertz CT molecular complexity index is 803. The summed E-state index contributed by atoms with van der Waals surface area (Å²) in [5, 5.41) is 5.18. The fourth-order valence-corrected chi connectivity index (χ4v) is 3.32. The lowest BCUT2D eigenvalue weighted by atomic mass is 9.78. The van der Waals surface area contributed by atoms with E-state index in [-0.39, 0.29) is 17.9 Å². The fraction of sp³-hybridized carbons (Fsp3) is 0.423. The van der Waals surface area contributed by atoms with Crippen LogP contribution in [0.3, 0.4) is 0 Å². The van der Waals surface area contributed by atoms with Crippen LogP contribution in [0.4, 0.5) is 0 Å². The Labute approximate surface area is 183 Å². The molecule has 4 heteroatoms. The molecule has 0 aliphatic heterocycles. The number of hydrogen-bond acceptors (Lipinski definition) is 4. The normalized spacial score (nSPS) is 15.4. The van der Waals surface area contributed by atoms with Crippen molar-refractivity contribution in [3.05, 3.63) is 83.7 Å². The Kier molecular flexibility index (Phi) is 9.80. The van der Waals surface area contributed by atoms with E-state index in [4.69, 9.17) is 5.84 Å². The van der Waals surface area contributed by atoms with E-state index >= 15 is 0 Å². The van der Waals surface area contributed by atoms with E-state index in [1.165, 1.54) is 0 Å². The number of nitrogens with one attached hydrogen (secondary N) is 1. The van der Waals surface area contributed by atoms with Crippen LogP contribution in [0, 0.1) is 0 Å². The first kappa shape index (κ1) is 25.4. The Hall–Kier alpha value is -2.59. The van der Waals surface area contributed by atoms with Gasteiger partial charge in [-0.1, -0.05) is 68.1 Å². The van der Waals surface area contributed by atoms with E-state index in [1.54, 1.807) is 11.1 Å². The van der Waals surface area contributed by atoms with Crippen LogP contribution in [0.15, 0.2) is 78.2 Å². The van der Waals surface area contributed by atoms with Crippen LogP contribution in [-0.4, -0.2) is 22.9 Å². The SMILES string of the molecule is C=C/C=C(\C=C/C)C(C)N/C(=C(/C)C(=O)C(C)(C)c1ccccc1)N(N)C(C)CC. The van der Waals surface area contributed by atoms with Crippen molar-refractivity contribution in [1.29, 1.82) is 0 Å². The zero-order valence-corrected chi connectivity index (χ0v) is 19.7. The molecule has 0 aliphatic rings. The summed E-state index contributed by atoms with van der Waals surface area (Å²) in [5.41, 5.74) is 2.00. The summed E-state index contributed by atoms with van der Waals surface area (Å²) in [6.07, 6.45) is 8.62. The van der Waals surface area contributed by atoms with Gasteiger partial charge in [0.1, 0.15) is 5.82 Å². The van der Waals surface area contributed by atoms with E-state index in [0.717, 1.165) is 17.6 Å². The van der Waals surface area contributed by atoms with Crippen molar-refractivity contribution in [2.45, 2.75) is 72.4 Å². The topological polar surface area (TPSA) is 58.4 Å². The lowest BCUT2D eigenvalue weighted by Gasteiger charge is -2.34. The number of hydrazine groups is 1. The third-order valence-corrected chi connectivity index (χ3v) is 5.61. The molecule has 0 fully saturated rings. The first-order valence-corrected chi connectivity index (χ1v) is 10.7. The molecule has 1 rings (SSSR count). The van der Waals surface area contributed by atoms with E-state index in [1.807, 2.05) is 76.3 Å². The molecule has 1 aromatic rings. The van der Waals surface area contributed by atoms with Gasteiger partial charge in [-0.3, -0.25) is 9.80 Å². The van der Waals surface area contributed by atoms with Gasteiger partial charge in [0, 0.05) is 17.7 Å². The molecule has 4 nitrogen and oxygen atoms in total. The zero-order chi connectivity index (χ0) is 22.9. The molecule has 0 aromatic heterocycles. The number of rotatable bonds is 11. The van der Waals surface area contributed by atoms with E-state index in [0.29, 0.717) is 11.4 Å². The van der Waals surface area contributed by atoms with Crippen molar-refractivity contribution in [3.8, 4) is 0 Å². The molecule has 3 N–H and O–H groups in total. The molecule has 0 aliphatic carbocycles. The van der Waals surface area contributed by atoms with Gasteiger partial charge in [0.05, 0.1) is 5.41 Å². The molecule has 1 aromatic carbocycles. The number of nitrogens with zero attached hydrogens (tertiary/aromatic N) is 1. The van der Waals surface area contributed by atoms with E-state index in [9.17, 15) is 4.79 Å². The number of ketones is 1. The second-order valence-electron chi connectivity index (χ2n) is 8.23. The van der Waals surface area contributed by atoms with Crippen LogP contribution in [0.25, 0.3) is 0 Å². The number of carbonyl (C=O) groups excluding carboxylic acids is 1. The molecule has 0 amide bonds. The number of carbonyl (C=O) groups is 1. The molecule has 0 saturated carbocycles. The highest BCUT2D eigenvalue weighted by Gasteiger charge is 2.33. The lowest BCUT2D eigenvalue weighted by molar-refractivity contribution is -0.120. The summed E-state index contributed by atoms with van der Waals surface area (Å²) in [5.74, 6) is 7.19. The Morgan fingerprint density at radius 1 is 1.27 bits per heavy atom. The largest absolute Gasteiger partial charge is 0.364 e. The van der Waals surface area contributed by atoms with Gasteiger partial charge in [0.2, 0.25) is 0 Å². The maximum absolute atomic E-state index is 13.6. The number of allylic oxidation sites excluding steroid dienone is 4. The minimum atomic E-state index is -0.666. The molecule has 30 heavy (non-hydrogen) atoms. The van der Waals surface area contributed by atoms with Crippen molar-refractivity contribution < 1.29 is 4.79 Å². The molecule has 0 heterocycles. The minimum absolute atomic E-state index is 0.0439. The number of nitrogens with two attached hydrogens (primary N) is 1. The van der Waals surface area contributed by atoms with Crippen LogP contribution < -0.4 is 11.2 Å². The second kappa shape index (κ2) is 11.6. The summed E-state index contributed by atoms with van der Waals surface area (Å²) < 4.78 is 0. The first-order chi connectivity index (χ1) is 14.1. The van der Waals surface area contributed by atoms with Crippen LogP contribution in [0.1, 0.15) is 60.5 Å². The first-order valence-electron chi connectivity index (χ1n) is 10.7. The minimum Gasteiger partial charge on any atom is -0.364 e. The molecular formula is C26H39N3O. The van der Waals surface area contributed by atoms with Crippen LogP contribution in [-0.2, 0) is 10.2 Å². The zero-order valence-electron chi connectivity index (χ0n) is 19.7. The fourth-order valence-electron chi connectivity index (χ4n) is 3.32. The van der Waals surface area contributed by atoms with Crippen molar-refractivity contribution in [2.75, 3.05) is 0 Å². The van der Waals surface area contributed by atoms with Gasteiger partial charge in [-0.05, 0) is 59.1 Å². The molecule has 0 radical (unpaired) electrons. The molecule has 0 spiro atoms. The summed E-state index contributed by atoms with van der Waals surface area (Å²) in [4.78, 5) is 13.6. The summed E-state index contributed by atoms with van der Waals surface area (Å²) >= 11 is 0. The maximum atomic E-state index is 13.6. The van der Waals surface area contributed by atoms with Gasteiger partial charge in [-0.15, -0.1) is 0 Å². The third-order valence-electron chi connectivity index (χ3n) is 5.61. The highest BCUT2D eigenvalue weighted by Crippen LogP contribution is 2.28. The Balaban J connectivity index is 3.44. The van der Waals surface area contributed by atoms with Crippen LogP contribution >= 0.6 is 0 Å². The average molecular weight is 410 g/mol. The Morgan fingerprint density at radius 2 is 1.87 bits per heavy atom. The summed E-state index contributed by atoms with van der Waals surface area (Å²) in [6, 6.07) is 9.90. The van der Waals surface area contributed by atoms with Crippen molar-refractivity contribution in [1.82, 2.24) is 10.3 Å². The van der Waals surface area contributed by atoms with Gasteiger partial charge in [0.25, 0.3) is 0 Å². The lowest BCUT2D eigenvalue weighted by Crippen LogP contribution is -2.47. The van der Waals surface area contributed by atoms with Crippen molar-refractivity contribution in [3.63, 3.8) is 0 Å². The quantitative estimate of drug-likeness (QED) is 0.222. The highest BCUT2D eigenvalue weighted by molar-refractivity contribution is 6.03. The Morgan fingerprint density at radius 3 is 2.37 bits per heavy atom. The maximum Gasteiger partial charge on any atom is 0.172 e. The standard InChI is InChI=1S/C26H39N3O/c1-9-15-22(16-10-2)21(6)28-25(29(27)19(4)11-3)20(5)24(30)26(7,8)23-17-13-12-14-18-23/h9-10,12-19,21,28H,1,11,27H2,2-8H3/b16-10-,22-15+,25-20+. The number of Topliss-reactive ketones (excluding diaryl/α,β-unsaturated/α-hetero) is 1. The summed E-state index contributed by atoms with van der Waals surface area (Å²) in [7, 11) is 0. The van der Waals surface area contributed by atoms with Crippen molar-refractivity contribution in [2.24, 2.45) is 5.84 Å². The van der Waals surface area contributed by atoms with Gasteiger partial charge in [0.15, 0.2) is 5.78 Å². The molecule has 164 valence electrons. The van der Waals surface area contributed by atoms with E-state index < -0.39 is 5.41 Å². The summed E-state index contributed by atoms with van der Waals surface area (Å²) in [6.45, 7) is 17.8. The molecule has 2 atom stereocenters. The van der Waals surface area contributed by atoms with Crippen LogP contribution in [0.5, 0.6) is 0 Å². The third kappa shape index (κ3) is 6.20.